The van der Waals surface area contributed by atoms with Gasteiger partial charge in [0.1, 0.15) is 11.6 Å². The first-order valence-electron chi connectivity index (χ1n) is 14.2. The highest BCUT2D eigenvalue weighted by molar-refractivity contribution is 6.01. The summed E-state index contributed by atoms with van der Waals surface area (Å²) in [5.41, 5.74) is 2.56. The van der Waals surface area contributed by atoms with Gasteiger partial charge in [-0.1, -0.05) is 24.6 Å². The van der Waals surface area contributed by atoms with Gasteiger partial charge in [0.05, 0.1) is 11.6 Å². The zero-order valence-corrected chi connectivity index (χ0v) is 23.8. The number of aromatic nitrogens is 2. The smallest absolute Gasteiger partial charge is 0.368 e. The van der Waals surface area contributed by atoms with E-state index >= 15 is 0 Å². The van der Waals surface area contributed by atoms with Crippen LogP contribution in [0.15, 0.2) is 54.9 Å². The van der Waals surface area contributed by atoms with Crippen molar-refractivity contribution in [2.45, 2.75) is 38.9 Å². The van der Waals surface area contributed by atoms with Crippen molar-refractivity contribution in [2.75, 3.05) is 56.5 Å². The summed E-state index contributed by atoms with van der Waals surface area (Å²) in [6, 6.07) is 12.2. The van der Waals surface area contributed by atoms with Crippen LogP contribution >= 0.6 is 0 Å². The number of piperidine rings is 1. The van der Waals surface area contributed by atoms with Crippen molar-refractivity contribution in [3.63, 3.8) is 0 Å². The molecule has 0 bridgehead atoms. The van der Waals surface area contributed by atoms with Crippen LogP contribution in [0.1, 0.15) is 41.3 Å². The van der Waals surface area contributed by atoms with Crippen LogP contribution in [0.2, 0.25) is 0 Å². The molecule has 5 rings (SSSR count). The lowest BCUT2D eigenvalue weighted by molar-refractivity contribution is -0.137. The Morgan fingerprint density at radius 1 is 1.00 bits per heavy atom. The van der Waals surface area contributed by atoms with E-state index in [1.165, 1.54) is 6.07 Å². The first-order chi connectivity index (χ1) is 19.6. The third-order valence-electron chi connectivity index (χ3n) is 8.25. The van der Waals surface area contributed by atoms with Crippen molar-refractivity contribution in [1.29, 1.82) is 0 Å². The van der Waals surface area contributed by atoms with E-state index in [2.05, 4.69) is 34.1 Å². The van der Waals surface area contributed by atoms with Gasteiger partial charge in [0, 0.05) is 62.8 Å². The number of aryl methyl sites for hydroxylation is 1. The van der Waals surface area contributed by atoms with Crippen molar-refractivity contribution >= 4 is 17.5 Å². The van der Waals surface area contributed by atoms with Gasteiger partial charge in [-0.3, -0.25) is 4.79 Å². The molecule has 2 fully saturated rings. The first-order valence-corrected chi connectivity index (χ1v) is 14.2. The van der Waals surface area contributed by atoms with Crippen molar-refractivity contribution in [3.8, 4) is 11.1 Å². The molecular formula is C31H37F3N6O. The first kappa shape index (κ1) is 28.9. The standard InChI is InChI=1S/C31H37F3N6O/c1-21-6-9-25(23-7-11-29(37-18-23)39-15-13-38(3)14-16-39)26(17-21)30(41)40-12-4-5-22(2)27(40)20-36-28-10-8-24(19-35-28)31(32,33)34/h6-11,17-19,22,27H,4-5,12-16,20H2,1-3H3,(H,35,36)/t22-,27-/m1/s1. The van der Waals surface area contributed by atoms with Crippen LogP contribution in [0.25, 0.3) is 11.1 Å². The van der Waals surface area contributed by atoms with Crippen LogP contribution in [0, 0.1) is 12.8 Å². The van der Waals surface area contributed by atoms with Crippen molar-refractivity contribution < 1.29 is 18.0 Å². The lowest BCUT2D eigenvalue weighted by Crippen LogP contribution is -2.51. The van der Waals surface area contributed by atoms with Crippen LogP contribution in [0.5, 0.6) is 0 Å². The SMILES string of the molecule is Cc1ccc(-c2ccc(N3CCN(C)CC3)nc2)c(C(=O)N2CCC[C@@H](C)[C@H]2CNc2ccc(C(F)(F)F)cn2)c1. The molecule has 0 aliphatic carbocycles. The number of piperazine rings is 1. The normalized spacial score (nSPS) is 20.2. The number of anilines is 2. The minimum absolute atomic E-state index is 0.0504. The number of benzene rings is 1. The maximum absolute atomic E-state index is 14.1. The average molecular weight is 567 g/mol. The Bertz CT molecular complexity index is 1340. The number of alkyl halides is 3. The highest BCUT2D eigenvalue weighted by atomic mass is 19.4. The molecule has 3 aromatic rings. The van der Waals surface area contributed by atoms with E-state index in [0.717, 1.165) is 73.8 Å². The number of hydrogen-bond acceptors (Lipinski definition) is 6. The van der Waals surface area contributed by atoms with E-state index in [1.807, 2.05) is 48.4 Å². The predicted octanol–water partition coefficient (Wildman–Crippen LogP) is 5.58. The third-order valence-corrected chi connectivity index (χ3v) is 8.25. The summed E-state index contributed by atoms with van der Waals surface area (Å²) in [4.78, 5) is 29.3. The Labute approximate surface area is 239 Å². The molecule has 2 saturated heterocycles. The molecule has 4 heterocycles. The van der Waals surface area contributed by atoms with Gasteiger partial charge in [-0.15, -0.1) is 0 Å². The lowest BCUT2D eigenvalue weighted by Gasteiger charge is -2.40. The second-order valence-corrected chi connectivity index (χ2v) is 11.2. The zero-order valence-electron chi connectivity index (χ0n) is 23.8. The maximum Gasteiger partial charge on any atom is 0.417 e. The van der Waals surface area contributed by atoms with Crippen LogP contribution < -0.4 is 10.2 Å². The Morgan fingerprint density at radius 3 is 2.44 bits per heavy atom. The van der Waals surface area contributed by atoms with Crippen LogP contribution in [0.4, 0.5) is 24.8 Å². The van der Waals surface area contributed by atoms with E-state index in [0.29, 0.717) is 24.5 Å². The predicted molar refractivity (Wildman–Crippen MR) is 155 cm³/mol. The molecule has 1 N–H and O–H groups in total. The quantitative estimate of drug-likeness (QED) is 0.421. The molecule has 0 spiro atoms. The molecule has 0 radical (unpaired) electrons. The number of nitrogens with zero attached hydrogens (tertiary/aromatic N) is 5. The van der Waals surface area contributed by atoms with Gasteiger partial charge in [0.15, 0.2) is 0 Å². The number of likely N-dealkylation sites (tertiary alicyclic amines) is 1. The van der Waals surface area contributed by atoms with Gasteiger partial charge in [0.25, 0.3) is 5.91 Å². The number of pyridine rings is 2. The summed E-state index contributed by atoms with van der Waals surface area (Å²) >= 11 is 0. The molecule has 10 heteroatoms. The number of carbonyl (C=O) groups excluding carboxylic acids is 1. The Balaban J connectivity index is 1.35. The fourth-order valence-corrected chi connectivity index (χ4v) is 5.70. The summed E-state index contributed by atoms with van der Waals surface area (Å²) < 4.78 is 38.8. The molecular weight excluding hydrogens is 529 g/mol. The van der Waals surface area contributed by atoms with E-state index in [9.17, 15) is 18.0 Å². The van der Waals surface area contributed by atoms with E-state index in [4.69, 9.17) is 4.98 Å². The largest absolute Gasteiger partial charge is 0.417 e. The molecule has 1 amide bonds. The number of nitrogens with one attached hydrogen (secondary N) is 1. The molecule has 218 valence electrons. The molecule has 2 aliphatic rings. The van der Waals surface area contributed by atoms with Crippen LogP contribution in [0.3, 0.4) is 0 Å². The monoisotopic (exact) mass is 566 g/mol. The average Bonchev–Trinajstić information content (AvgIpc) is 2.96. The van der Waals surface area contributed by atoms with Crippen molar-refractivity contribution in [2.24, 2.45) is 5.92 Å². The Hall–Kier alpha value is -3.66. The van der Waals surface area contributed by atoms with Gasteiger partial charge in [-0.05, 0) is 68.6 Å². The summed E-state index contributed by atoms with van der Waals surface area (Å²) in [6.07, 6.45) is 0.110. The molecule has 1 aromatic carbocycles. The Kier molecular flexibility index (Phi) is 8.49. The van der Waals surface area contributed by atoms with E-state index in [-0.39, 0.29) is 17.9 Å². The fourth-order valence-electron chi connectivity index (χ4n) is 5.70. The molecule has 0 saturated carbocycles. The molecule has 41 heavy (non-hydrogen) atoms. The van der Waals surface area contributed by atoms with Gasteiger partial charge in [0.2, 0.25) is 0 Å². The topological polar surface area (TPSA) is 64.6 Å². The number of rotatable bonds is 6. The number of amides is 1. The number of likely N-dealkylation sites (N-methyl/N-ethyl adjacent to an activating group) is 1. The highest BCUT2D eigenvalue weighted by Gasteiger charge is 2.34. The highest BCUT2D eigenvalue weighted by Crippen LogP contribution is 2.32. The van der Waals surface area contributed by atoms with Crippen molar-refractivity contribution in [1.82, 2.24) is 19.8 Å². The van der Waals surface area contributed by atoms with Gasteiger partial charge in [-0.2, -0.15) is 13.2 Å². The third kappa shape index (κ3) is 6.64. The molecule has 2 atom stereocenters. The number of hydrogen-bond donors (Lipinski definition) is 1. The zero-order chi connectivity index (χ0) is 29.1. The number of halogens is 3. The van der Waals surface area contributed by atoms with Crippen LogP contribution in [-0.2, 0) is 6.18 Å². The molecule has 0 unspecified atom stereocenters. The summed E-state index contributed by atoms with van der Waals surface area (Å²) in [5.74, 6) is 1.46. The second-order valence-electron chi connectivity index (χ2n) is 11.2. The molecule has 7 nitrogen and oxygen atoms in total. The maximum atomic E-state index is 14.1. The summed E-state index contributed by atoms with van der Waals surface area (Å²) in [6.45, 7) is 8.97. The minimum atomic E-state index is -4.43. The van der Waals surface area contributed by atoms with Gasteiger partial charge < -0.3 is 20.0 Å². The van der Waals surface area contributed by atoms with Crippen molar-refractivity contribution in [3.05, 3.63) is 71.5 Å². The Morgan fingerprint density at radius 2 is 1.78 bits per heavy atom. The van der Waals surface area contributed by atoms with E-state index in [1.54, 1.807) is 0 Å². The summed E-state index contributed by atoms with van der Waals surface area (Å²) in [5, 5.41) is 3.17. The number of carbonyl (C=O) groups is 1. The second kappa shape index (κ2) is 12.1. The molecule has 2 aromatic heterocycles. The van der Waals surface area contributed by atoms with Crippen LogP contribution in [-0.4, -0.2) is 78.0 Å². The fraction of sp³-hybridized carbons (Fsp3) is 0.452. The van der Waals surface area contributed by atoms with Gasteiger partial charge in [-0.25, -0.2) is 9.97 Å². The minimum Gasteiger partial charge on any atom is -0.368 e. The van der Waals surface area contributed by atoms with Gasteiger partial charge >= 0.3 is 6.18 Å². The summed E-state index contributed by atoms with van der Waals surface area (Å²) in [7, 11) is 2.12. The molecule has 2 aliphatic heterocycles. The lowest BCUT2D eigenvalue weighted by atomic mass is 9.89. The van der Waals surface area contributed by atoms with E-state index < -0.39 is 11.7 Å².